The van der Waals surface area contributed by atoms with Gasteiger partial charge in [0.05, 0.1) is 0 Å². The van der Waals surface area contributed by atoms with Crippen LogP contribution in [-0.4, -0.2) is 22.4 Å². The molecule has 1 heterocycles. The van der Waals surface area contributed by atoms with Crippen molar-refractivity contribution in [2.24, 2.45) is 0 Å². The van der Waals surface area contributed by atoms with Crippen molar-refractivity contribution in [2.75, 3.05) is 11.9 Å². The molecule has 2 N–H and O–H groups in total. The van der Waals surface area contributed by atoms with Gasteiger partial charge in [-0.1, -0.05) is 41.9 Å². The molecule has 5 nitrogen and oxygen atoms in total. The number of hydrogen-bond donors (Lipinski definition) is 2. The second-order valence-electron chi connectivity index (χ2n) is 6.29. The molecule has 0 radical (unpaired) electrons. The molecule has 0 aliphatic rings. The van der Waals surface area contributed by atoms with Crippen molar-refractivity contribution in [1.82, 2.24) is 15.3 Å². The van der Waals surface area contributed by atoms with Crippen LogP contribution in [0.3, 0.4) is 0 Å². The van der Waals surface area contributed by atoms with Crippen LogP contribution < -0.4 is 10.6 Å². The summed E-state index contributed by atoms with van der Waals surface area (Å²) in [7, 11) is 0. The van der Waals surface area contributed by atoms with E-state index in [9.17, 15) is 4.79 Å². The first-order valence-corrected chi connectivity index (χ1v) is 9.09. The number of rotatable bonds is 6. The van der Waals surface area contributed by atoms with E-state index in [4.69, 9.17) is 11.6 Å². The zero-order chi connectivity index (χ0) is 19.2. The van der Waals surface area contributed by atoms with Gasteiger partial charge in [-0.15, -0.1) is 0 Å². The maximum atomic E-state index is 12.4. The van der Waals surface area contributed by atoms with E-state index >= 15 is 0 Å². The van der Waals surface area contributed by atoms with Crippen LogP contribution in [-0.2, 0) is 6.42 Å². The van der Waals surface area contributed by atoms with Crippen molar-refractivity contribution in [3.63, 3.8) is 0 Å². The van der Waals surface area contributed by atoms with Gasteiger partial charge < -0.3 is 10.6 Å². The number of benzene rings is 2. The molecule has 2 aromatic carbocycles. The van der Waals surface area contributed by atoms with Crippen LogP contribution in [0.4, 0.5) is 11.6 Å². The smallest absolute Gasteiger partial charge is 0.270 e. The fraction of sp³-hybridized carbons (Fsp3) is 0.190. The van der Waals surface area contributed by atoms with E-state index in [2.05, 4.69) is 20.6 Å². The van der Waals surface area contributed by atoms with Crippen molar-refractivity contribution >= 4 is 29.1 Å². The minimum atomic E-state index is -0.232. The first kappa shape index (κ1) is 18.9. The number of aryl methyl sites for hydroxylation is 2. The molecule has 1 aromatic heterocycles. The molecule has 0 aliphatic heterocycles. The maximum absolute atomic E-state index is 12.4. The highest BCUT2D eigenvalue weighted by Crippen LogP contribution is 2.22. The van der Waals surface area contributed by atoms with Gasteiger partial charge in [0.15, 0.2) is 0 Å². The van der Waals surface area contributed by atoms with Gasteiger partial charge >= 0.3 is 0 Å². The molecule has 0 aliphatic carbocycles. The molecule has 0 saturated carbocycles. The second kappa shape index (κ2) is 8.64. The quantitative estimate of drug-likeness (QED) is 0.662. The Labute approximate surface area is 163 Å². The average molecular weight is 381 g/mol. The molecule has 0 saturated heterocycles. The first-order chi connectivity index (χ1) is 13.0. The van der Waals surface area contributed by atoms with E-state index in [1.807, 2.05) is 56.3 Å². The van der Waals surface area contributed by atoms with Gasteiger partial charge in [0.25, 0.3) is 5.91 Å². The second-order valence-corrected chi connectivity index (χ2v) is 6.73. The number of amides is 1. The summed E-state index contributed by atoms with van der Waals surface area (Å²) in [6, 6.07) is 15.2. The fourth-order valence-corrected chi connectivity index (χ4v) is 2.99. The Morgan fingerprint density at radius 2 is 1.81 bits per heavy atom. The van der Waals surface area contributed by atoms with E-state index in [1.165, 1.54) is 0 Å². The molecule has 3 rings (SSSR count). The van der Waals surface area contributed by atoms with Gasteiger partial charge in [0, 0.05) is 23.5 Å². The van der Waals surface area contributed by atoms with Gasteiger partial charge in [0.2, 0.25) is 5.95 Å². The van der Waals surface area contributed by atoms with E-state index in [-0.39, 0.29) is 5.91 Å². The zero-order valence-electron chi connectivity index (χ0n) is 15.3. The molecule has 0 unspecified atom stereocenters. The number of halogens is 1. The number of carbonyl (C=O) groups is 1. The summed E-state index contributed by atoms with van der Waals surface area (Å²) < 4.78 is 0. The summed E-state index contributed by atoms with van der Waals surface area (Å²) in [5, 5.41) is 6.78. The van der Waals surface area contributed by atoms with Crippen molar-refractivity contribution < 1.29 is 4.79 Å². The van der Waals surface area contributed by atoms with Gasteiger partial charge in [0.1, 0.15) is 5.69 Å². The van der Waals surface area contributed by atoms with E-state index in [0.717, 1.165) is 22.4 Å². The Bertz CT molecular complexity index is 938. The minimum Gasteiger partial charge on any atom is -0.350 e. The standard InChI is InChI=1S/C21H21ClN4O/c1-14-5-3-6-15(2)19(14)26-21-24-12-10-18(25-21)20(27)23-11-9-16-7-4-8-17(22)13-16/h3-8,10,12-13H,9,11H2,1-2H3,(H,23,27)(H,24,25,26). The molecular weight excluding hydrogens is 360 g/mol. The van der Waals surface area contributed by atoms with Crippen molar-refractivity contribution in [1.29, 1.82) is 0 Å². The number of anilines is 2. The largest absolute Gasteiger partial charge is 0.350 e. The number of nitrogens with zero attached hydrogens (tertiary/aromatic N) is 2. The van der Waals surface area contributed by atoms with E-state index in [0.29, 0.717) is 29.6 Å². The molecule has 0 spiro atoms. The Hall–Kier alpha value is -2.92. The number of carbonyl (C=O) groups excluding carboxylic acids is 1. The molecule has 3 aromatic rings. The van der Waals surface area contributed by atoms with Gasteiger partial charge in [-0.2, -0.15) is 0 Å². The topological polar surface area (TPSA) is 66.9 Å². The lowest BCUT2D eigenvalue weighted by atomic mass is 10.1. The van der Waals surface area contributed by atoms with Gasteiger partial charge in [-0.3, -0.25) is 4.79 Å². The van der Waals surface area contributed by atoms with E-state index in [1.54, 1.807) is 12.3 Å². The summed E-state index contributed by atoms with van der Waals surface area (Å²) in [6.45, 7) is 4.53. The molecule has 1 amide bonds. The van der Waals surface area contributed by atoms with Gasteiger partial charge in [-0.05, 0) is 55.2 Å². The molecule has 0 fully saturated rings. The highest BCUT2D eigenvalue weighted by atomic mass is 35.5. The van der Waals surface area contributed by atoms with Crippen molar-refractivity contribution in [2.45, 2.75) is 20.3 Å². The normalized spacial score (nSPS) is 10.5. The summed E-state index contributed by atoms with van der Waals surface area (Å²) >= 11 is 5.98. The molecule has 138 valence electrons. The Kier molecular flexibility index (Phi) is 6.04. The number of aromatic nitrogens is 2. The van der Waals surface area contributed by atoms with Crippen LogP contribution in [0.25, 0.3) is 0 Å². The van der Waals surface area contributed by atoms with Crippen LogP contribution in [0.2, 0.25) is 5.02 Å². The monoisotopic (exact) mass is 380 g/mol. The van der Waals surface area contributed by atoms with E-state index < -0.39 is 0 Å². The maximum Gasteiger partial charge on any atom is 0.270 e. The van der Waals surface area contributed by atoms with Crippen LogP contribution in [0.5, 0.6) is 0 Å². The van der Waals surface area contributed by atoms with Crippen molar-refractivity contribution in [3.05, 3.63) is 82.1 Å². The fourth-order valence-electron chi connectivity index (χ4n) is 2.77. The lowest BCUT2D eigenvalue weighted by Crippen LogP contribution is -2.26. The van der Waals surface area contributed by atoms with Crippen LogP contribution in [0.1, 0.15) is 27.2 Å². The third-order valence-corrected chi connectivity index (χ3v) is 4.43. The predicted molar refractivity (Wildman–Crippen MR) is 109 cm³/mol. The first-order valence-electron chi connectivity index (χ1n) is 8.72. The van der Waals surface area contributed by atoms with Crippen LogP contribution >= 0.6 is 11.6 Å². The molecular formula is C21H21ClN4O. The Balaban J connectivity index is 1.63. The number of nitrogens with one attached hydrogen (secondary N) is 2. The summed E-state index contributed by atoms with van der Waals surface area (Å²) in [5.41, 5.74) is 4.54. The third kappa shape index (κ3) is 5.05. The van der Waals surface area contributed by atoms with Crippen LogP contribution in [0, 0.1) is 13.8 Å². The highest BCUT2D eigenvalue weighted by Gasteiger charge is 2.10. The predicted octanol–water partition coefficient (Wildman–Crippen LogP) is 4.46. The average Bonchev–Trinajstić information content (AvgIpc) is 2.65. The summed E-state index contributed by atoms with van der Waals surface area (Å²) in [6.07, 6.45) is 2.28. The lowest BCUT2D eigenvalue weighted by molar-refractivity contribution is 0.0949. The molecule has 0 atom stereocenters. The molecule has 27 heavy (non-hydrogen) atoms. The molecule has 6 heteroatoms. The minimum absolute atomic E-state index is 0.232. The Morgan fingerprint density at radius 1 is 1.07 bits per heavy atom. The van der Waals surface area contributed by atoms with Gasteiger partial charge in [-0.25, -0.2) is 9.97 Å². The zero-order valence-corrected chi connectivity index (χ0v) is 16.0. The lowest BCUT2D eigenvalue weighted by Gasteiger charge is -2.12. The SMILES string of the molecule is Cc1cccc(C)c1Nc1nccc(C(=O)NCCc2cccc(Cl)c2)n1. The summed E-state index contributed by atoms with van der Waals surface area (Å²) in [4.78, 5) is 20.9. The molecule has 0 bridgehead atoms. The number of para-hydroxylation sites is 1. The number of hydrogen-bond acceptors (Lipinski definition) is 4. The highest BCUT2D eigenvalue weighted by molar-refractivity contribution is 6.30. The van der Waals surface area contributed by atoms with Crippen LogP contribution in [0.15, 0.2) is 54.7 Å². The Morgan fingerprint density at radius 3 is 2.56 bits per heavy atom. The third-order valence-electron chi connectivity index (χ3n) is 4.19. The van der Waals surface area contributed by atoms with Crippen molar-refractivity contribution in [3.8, 4) is 0 Å². The summed E-state index contributed by atoms with van der Waals surface area (Å²) in [5.74, 6) is 0.166.